The molecule has 0 spiro atoms. The van der Waals surface area contributed by atoms with Gasteiger partial charge in [-0.25, -0.2) is 9.78 Å². The van der Waals surface area contributed by atoms with E-state index < -0.39 is 5.97 Å². The van der Waals surface area contributed by atoms with E-state index in [1.807, 2.05) is 13.0 Å². The summed E-state index contributed by atoms with van der Waals surface area (Å²) in [6, 6.07) is 8.20. The topological polar surface area (TPSA) is 59.4 Å². The average Bonchev–Trinajstić information content (AvgIpc) is 2.33. The summed E-state index contributed by atoms with van der Waals surface area (Å²) >= 11 is 6.01. The maximum absolute atomic E-state index is 11.0. The molecule has 0 saturated heterocycles. The van der Waals surface area contributed by atoms with Gasteiger partial charge in [0.1, 0.15) is 11.3 Å². The predicted octanol–water partition coefficient (Wildman–Crippen LogP) is 3.53. The fourth-order valence-electron chi connectivity index (χ4n) is 1.43. The molecule has 18 heavy (non-hydrogen) atoms. The van der Waals surface area contributed by atoms with Gasteiger partial charge in [-0.15, -0.1) is 0 Å². The molecular formula is C13H10ClNO3. The molecule has 0 unspecified atom stereocenters. The van der Waals surface area contributed by atoms with Crippen molar-refractivity contribution in [1.29, 1.82) is 0 Å². The predicted molar refractivity (Wildman–Crippen MR) is 67.5 cm³/mol. The number of ether oxygens (including phenoxy) is 1. The van der Waals surface area contributed by atoms with E-state index in [1.165, 1.54) is 18.3 Å². The Bertz CT molecular complexity index is 599. The van der Waals surface area contributed by atoms with Gasteiger partial charge in [0.25, 0.3) is 0 Å². The lowest BCUT2D eigenvalue weighted by Gasteiger charge is -2.09. The maximum Gasteiger partial charge on any atom is 0.341 e. The number of benzene rings is 1. The van der Waals surface area contributed by atoms with Gasteiger partial charge in [-0.3, -0.25) is 0 Å². The number of aromatic carboxylic acids is 1. The molecule has 1 aromatic heterocycles. The van der Waals surface area contributed by atoms with Crippen LogP contribution in [0.3, 0.4) is 0 Å². The fraction of sp³-hybridized carbons (Fsp3) is 0.0769. The molecular weight excluding hydrogens is 254 g/mol. The number of nitrogens with zero attached hydrogens (tertiary/aromatic N) is 1. The second kappa shape index (κ2) is 5.06. The third-order valence-electron chi connectivity index (χ3n) is 2.30. The van der Waals surface area contributed by atoms with Gasteiger partial charge in [-0.2, -0.15) is 0 Å². The van der Waals surface area contributed by atoms with Gasteiger partial charge in [0, 0.05) is 6.20 Å². The van der Waals surface area contributed by atoms with Crippen molar-refractivity contribution in [3.8, 4) is 11.6 Å². The van der Waals surface area contributed by atoms with E-state index in [9.17, 15) is 4.79 Å². The molecule has 0 bridgehead atoms. The van der Waals surface area contributed by atoms with E-state index in [1.54, 1.807) is 12.1 Å². The number of carboxylic acid groups (broad SMARTS) is 1. The number of rotatable bonds is 3. The summed E-state index contributed by atoms with van der Waals surface area (Å²) in [5.41, 5.74) is 0.987. The Kier molecular flexibility index (Phi) is 3.48. The zero-order valence-corrected chi connectivity index (χ0v) is 10.3. The molecule has 92 valence electrons. The van der Waals surface area contributed by atoms with Crippen molar-refractivity contribution in [3.05, 3.63) is 52.7 Å². The molecule has 0 aliphatic heterocycles. The van der Waals surface area contributed by atoms with E-state index in [0.717, 1.165) is 5.56 Å². The Balaban J connectivity index is 2.37. The van der Waals surface area contributed by atoms with Gasteiger partial charge in [-0.1, -0.05) is 17.7 Å². The van der Waals surface area contributed by atoms with Crippen molar-refractivity contribution in [1.82, 2.24) is 4.98 Å². The van der Waals surface area contributed by atoms with Crippen LogP contribution in [0, 0.1) is 6.92 Å². The second-order valence-corrected chi connectivity index (χ2v) is 4.10. The van der Waals surface area contributed by atoms with Crippen LogP contribution in [0.4, 0.5) is 0 Å². The third kappa shape index (κ3) is 2.60. The summed E-state index contributed by atoms with van der Waals surface area (Å²) in [6.45, 7) is 1.90. The minimum Gasteiger partial charge on any atom is -0.477 e. The van der Waals surface area contributed by atoms with E-state index in [-0.39, 0.29) is 11.4 Å². The monoisotopic (exact) mass is 263 g/mol. The van der Waals surface area contributed by atoms with Crippen LogP contribution in [0.2, 0.25) is 5.02 Å². The number of carbonyl (C=O) groups is 1. The number of halogens is 1. The lowest BCUT2D eigenvalue weighted by Crippen LogP contribution is -2.01. The smallest absolute Gasteiger partial charge is 0.341 e. The van der Waals surface area contributed by atoms with E-state index in [4.69, 9.17) is 21.4 Å². The second-order valence-electron chi connectivity index (χ2n) is 3.70. The average molecular weight is 264 g/mol. The minimum absolute atomic E-state index is 0.00542. The van der Waals surface area contributed by atoms with Gasteiger partial charge >= 0.3 is 5.97 Å². The van der Waals surface area contributed by atoms with Crippen molar-refractivity contribution < 1.29 is 14.6 Å². The highest BCUT2D eigenvalue weighted by Gasteiger charge is 2.13. The Hall–Kier alpha value is -2.07. The first-order valence-electron chi connectivity index (χ1n) is 5.20. The Morgan fingerprint density at radius 2 is 2.17 bits per heavy atom. The molecule has 1 N–H and O–H groups in total. The zero-order chi connectivity index (χ0) is 13.1. The summed E-state index contributed by atoms with van der Waals surface area (Å²) in [5, 5.41) is 9.42. The fourth-order valence-corrected chi connectivity index (χ4v) is 1.70. The van der Waals surface area contributed by atoms with Gasteiger partial charge in [-0.05, 0) is 36.8 Å². The first-order chi connectivity index (χ1) is 8.58. The highest BCUT2D eigenvalue weighted by atomic mass is 35.5. The normalized spacial score (nSPS) is 10.1. The molecule has 0 atom stereocenters. The van der Waals surface area contributed by atoms with Crippen molar-refractivity contribution in [2.75, 3.05) is 0 Å². The van der Waals surface area contributed by atoms with Crippen LogP contribution >= 0.6 is 11.6 Å². The summed E-state index contributed by atoms with van der Waals surface area (Å²) in [6.07, 6.45) is 1.46. The molecule has 0 amide bonds. The molecule has 0 fully saturated rings. The van der Waals surface area contributed by atoms with Crippen molar-refractivity contribution in [3.63, 3.8) is 0 Å². The number of hydrogen-bond acceptors (Lipinski definition) is 3. The molecule has 2 rings (SSSR count). The van der Waals surface area contributed by atoms with Crippen LogP contribution in [0.5, 0.6) is 11.6 Å². The molecule has 0 aliphatic carbocycles. The molecule has 0 radical (unpaired) electrons. The van der Waals surface area contributed by atoms with Gasteiger partial charge in [0.15, 0.2) is 0 Å². The van der Waals surface area contributed by atoms with Crippen molar-refractivity contribution in [2.45, 2.75) is 6.92 Å². The molecule has 5 heteroatoms. The SMILES string of the molecule is Cc1ccc(Oc2ncccc2C(=O)O)c(Cl)c1. The van der Waals surface area contributed by atoms with E-state index in [0.29, 0.717) is 10.8 Å². The standard InChI is InChI=1S/C13H10ClNO3/c1-8-4-5-11(10(14)7-8)18-12-9(13(16)17)3-2-6-15-12/h2-7H,1H3,(H,16,17). The molecule has 0 saturated carbocycles. The molecule has 1 aromatic carbocycles. The number of aromatic nitrogens is 1. The molecule has 1 heterocycles. The number of carboxylic acids is 1. The van der Waals surface area contributed by atoms with Gasteiger partial charge in [0.2, 0.25) is 5.88 Å². The van der Waals surface area contributed by atoms with Crippen LogP contribution in [-0.4, -0.2) is 16.1 Å². The van der Waals surface area contributed by atoms with Gasteiger partial charge in [0.05, 0.1) is 5.02 Å². The molecule has 2 aromatic rings. The lowest BCUT2D eigenvalue weighted by atomic mass is 10.2. The van der Waals surface area contributed by atoms with Crippen molar-refractivity contribution in [2.24, 2.45) is 0 Å². The molecule has 0 aliphatic rings. The lowest BCUT2D eigenvalue weighted by molar-refractivity contribution is 0.0693. The quantitative estimate of drug-likeness (QED) is 0.920. The largest absolute Gasteiger partial charge is 0.477 e. The highest BCUT2D eigenvalue weighted by molar-refractivity contribution is 6.32. The highest BCUT2D eigenvalue weighted by Crippen LogP contribution is 2.30. The Labute approximate surface area is 109 Å². The van der Waals surface area contributed by atoms with E-state index in [2.05, 4.69) is 4.98 Å². The number of pyridine rings is 1. The van der Waals surface area contributed by atoms with E-state index >= 15 is 0 Å². The summed E-state index contributed by atoms with van der Waals surface area (Å²) in [7, 11) is 0. The molecule has 4 nitrogen and oxygen atoms in total. The Morgan fingerprint density at radius 1 is 1.39 bits per heavy atom. The number of aryl methyl sites for hydroxylation is 1. The summed E-state index contributed by atoms with van der Waals surface area (Å²) < 4.78 is 5.43. The van der Waals surface area contributed by atoms with Crippen LogP contribution in [0.15, 0.2) is 36.5 Å². The van der Waals surface area contributed by atoms with Crippen molar-refractivity contribution >= 4 is 17.6 Å². The first kappa shape index (κ1) is 12.4. The number of hydrogen-bond donors (Lipinski definition) is 1. The van der Waals surface area contributed by atoms with Gasteiger partial charge < -0.3 is 9.84 Å². The third-order valence-corrected chi connectivity index (χ3v) is 2.59. The van der Waals surface area contributed by atoms with Crippen LogP contribution in [-0.2, 0) is 0 Å². The summed E-state index contributed by atoms with van der Waals surface area (Å²) in [5.74, 6) is -0.694. The maximum atomic E-state index is 11.0. The minimum atomic E-state index is -1.10. The van der Waals surface area contributed by atoms with Crippen LogP contribution in [0.1, 0.15) is 15.9 Å². The van der Waals surface area contributed by atoms with Crippen LogP contribution in [0.25, 0.3) is 0 Å². The zero-order valence-electron chi connectivity index (χ0n) is 9.55. The Morgan fingerprint density at radius 3 is 2.83 bits per heavy atom. The summed E-state index contributed by atoms with van der Waals surface area (Å²) in [4.78, 5) is 14.9. The van der Waals surface area contributed by atoms with Crippen LogP contribution < -0.4 is 4.74 Å². The first-order valence-corrected chi connectivity index (χ1v) is 5.58.